The van der Waals surface area contributed by atoms with Crippen LogP contribution < -0.4 is 11.1 Å². The van der Waals surface area contributed by atoms with Crippen LogP contribution in [0.4, 0.5) is 8.78 Å². The van der Waals surface area contributed by atoms with Gasteiger partial charge in [-0.25, -0.2) is 8.78 Å². The summed E-state index contributed by atoms with van der Waals surface area (Å²) in [7, 11) is 0. The largest absolute Gasteiger partial charge is 0.349 e. The molecule has 1 heterocycles. The lowest BCUT2D eigenvalue weighted by molar-refractivity contribution is -0.122. The number of halogens is 2. The summed E-state index contributed by atoms with van der Waals surface area (Å²) in [6.07, 6.45) is 0.906. The van der Waals surface area contributed by atoms with Crippen molar-refractivity contribution in [3.63, 3.8) is 0 Å². The molecule has 3 nitrogen and oxygen atoms in total. The Hall–Kier alpha value is -1.14. The molecule has 0 aromatic heterocycles. The van der Waals surface area contributed by atoms with E-state index in [0.717, 1.165) is 23.3 Å². The van der Waals surface area contributed by atoms with Gasteiger partial charge in [-0.3, -0.25) is 4.79 Å². The Morgan fingerprint density at radius 1 is 1.47 bits per heavy atom. The summed E-state index contributed by atoms with van der Waals surface area (Å²) in [5.74, 6) is -2.60. The first-order valence-electron chi connectivity index (χ1n) is 6.08. The van der Waals surface area contributed by atoms with Gasteiger partial charge in [0.1, 0.15) is 5.25 Å². The minimum absolute atomic E-state index is 0.370. The van der Waals surface area contributed by atoms with Gasteiger partial charge < -0.3 is 11.1 Å². The van der Waals surface area contributed by atoms with E-state index in [1.54, 1.807) is 0 Å². The van der Waals surface area contributed by atoms with Crippen LogP contribution in [0, 0.1) is 0 Å². The summed E-state index contributed by atoms with van der Waals surface area (Å²) >= 11 is 1.48. The van der Waals surface area contributed by atoms with Crippen molar-refractivity contribution in [3.05, 3.63) is 35.4 Å². The van der Waals surface area contributed by atoms with Crippen LogP contribution in [0.15, 0.2) is 24.3 Å². The molecule has 6 heteroatoms. The molecule has 1 aliphatic heterocycles. The molecule has 1 aromatic carbocycles. The zero-order chi connectivity index (χ0) is 13.9. The molecule has 1 amide bonds. The smallest absolute Gasteiger partial charge is 0.277 e. The first kappa shape index (κ1) is 14.3. The van der Waals surface area contributed by atoms with E-state index in [1.807, 2.05) is 24.3 Å². The number of aryl methyl sites for hydroxylation is 1. The maximum Gasteiger partial charge on any atom is 0.277 e. The molecule has 0 bridgehead atoms. The van der Waals surface area contributed by atoms with Crippen molar-refractivity contribution in [1.29, 1.82) is 0 Å². The Kier molecular flexibility index (Phi) is 4.42. The van der Waals surface area contributed by atoms with E-state index in [4.69, 9.17) is 5.73 Å². The summed E-state index contributed by atoms with van der Waals surface area (Å²) in [5, 5.41) is 1.89. The van der Waals surface area contributed by atoms with Gasteiger partial charge in [-0.15, -0.1) is 11.8 Å². The van der Waals surface area contributed by atoms with Crippen LogP contribution in [0.25, 0.3) is 0 Å². The van der Waals surface area contributed by atoms with Crippen molar-refractivity contribution in [3.8, 4) is 0 Å². The van der Waals surface area contributed by atoms with Crippen LogP contribution in [-0.2, 0) is 11.2 Å². The molecule has 2 rings (SSSR count). The number of hydrogen-bond donors (Lipinski definition) is 2. The van der Waals surface area contributed by atoms with Gasteiger partial charge in [-0.2, -0.15) is 0 Å². The Bertz CT molecular complexity index is 468. The first-order chi connectivity index (χ1) is 9.03. The quantitative estimate of drug-likeness (QED) is 0.886. The Morgan fingerprint density at radius 3 is 2.95 bits per heavy atom. The highest BCUT2D eigenvalue weighted by Crippen LogP contribution is 2.36. The summed E-state index contributed by atoms with van der Waals surface area (Å²) in [4.78, 5) is 12.0. The average molecular weight is 286 g/mol. The average Bonchev–Trinajstić information content (AvgIpc) is 2.44. The number of carbonyl (C=O) groups is 1. The predicted molar refractivity (Wildman–Crippen MR) is 72.4 cm³/mol. The summed E-state index contributed by atoms with van der Waals surface area (Å²) < 4.78 is 26.1. The molecule has 1 aliphatic rings. The molecule has 0 saturated carbocycles. The maximum atomic E-state index is 13.0. The number of benzene rings is 1. The number of thioether (sulfide) groups is 1. The van der Waals surface area contributed by atoms with Crippen molar-refractivity contribution in [2.45, 2.75) is 17.6 Å². The van der Waals surface area contributed by atoms with Crippen LogP contribution in [0.1, 0.15) is 16.4 Å². The monoisotopic (exact) mass is 286 g/mol. The van der Waals surface area contributed by atoms with Gasteiger partial charge in [-0.1, -0.05) is 24.3 Å². The van der Waals surface area contributed by atoms with Crippen molar-refractivity contribution >= 4 is 17.7 Å². The Labute approximate surface area is 114 Å². The first-order valence-corrected chi connectivity index (χ1v) is 7.13. The van der Waals surface area contributed by atoms with E-state index < -0.39 is 24.3 Å². The van der Waals surface area contributed by atoms with Gasteiger partial charge >= 0.3 is 0 Å². The van der Waals surface area contributed by atoms with E-state index in [9.17, 15) is 13.6 Å². The predicted octanol–water partition coefficient (Wildman–Crippen LogP) is 1.73. The minimum atomic E-state index is -3.05. The Morgan fingerprint density at radius 2 is 2.21 bits per heavy atom. The van der Waals surface area contributed by atoms with Gasteiger partial charge in [0.15, 0.2) is 0 Å². The molecule has 0 aliphatic carbocycles. The number of amides is 1. The van der Waals surface area contributed by atoms with Crippen LogP contribution >= 0.6 is 11.8 Å². The molecule has 3 N–H and O–H groups in total. The number of carbonyl (C=O) groups excluding carboxylic acids is 1. The van der Waals surface area contributed by atoms with Crippen LogP contribution in [-0.4, -0.2) is 30.7 Å². The SMILES string of the molecule is NCC(F)(F)CNC(=O)C1SCCc2ccccc21. The summed E-state index contributed by atoms with van der Waals surface area (Å²) in [6, 6.07) is 7.64. The fraction of sp³-hybridized carbons (Fsp3) is 0.462. The molecule has 1 unspecified atom stereocenters. The minimum Gasteiger partial charge on any atom is -0.349 e. The lowest BCUT2D eigenvalue weighted by atomic mass is 10.0. The second kappa shape index (κ2) is 5.88. The number of nitrogens with two attached hydrogens (primary N) is 1. The molecular formula is C13H16F2N2OS. The molecule has 0 saturated heterocycles. The Balaban J connectivity index is 2.05. The topological polar surface area (TPSA) is 55.1 Å². The summed E-state index contributed by atoms with van der Waals surface area (Å²) in [5.41, 5.74) is 6.98. The van der Waals surface area contributed by atoms with Crippen molar-refractivity contribution in [2.75, 3.05) is 18.8 Å². The van der Waals surface area contributed by atoms with Gasteiger partial charge in [0, 0.05) is 0 Å². The van der Waals surface area contributed by atoms with Gasteiger partial charge in [0.2, 0.25) is 5.91 Å². The number of hydrogen-bond acceptors (Lipinski definition) is 3. The molecule has 0 radical (unpaired) electrons. The third-order valence-electron chi connectivity index (χ3n) is 3.05. The molecule has 1 aromatic rings. The standard InChI is InChI=1S/C13H16F2N2OS/c14-13(15,7-16)8-17-12(18)11-10-4-2-1-3-9(10)5-6-19-11/h1-4,11H,5-8,16H2,(H,17,18). The highest BCUT2D eigenvalue weighted by Gasteiger charge is 2.31. The fourth-order valence-electron chi connectivity index (χ4n) is 1.99. The van der Waals surface area contributed by atoms with Gasteiger partial charge in [0.25, 0.3) is 5.92 Å². The zero-order valence-electron chi connectivity index (χ0n) is 10.4. The zero-order valence-corrected chi connectivity index (χ0v) is 11.2. The molecule has 0 spiro atoms. The van der Waals surface area contributed by atoms with Crippen LogP contribution in [0.3, 0.4) is 0 Å². The summed E-state index contributed by atoms with van der Waals surface area (Å²) in [6.45, 7) is -1.47. The number of nitrogens with one attached hydrogen (secondary N) is 1. The number of rotatable bonds is 4. The van der Waals surface area contributed by atoms with E-state index in [1.165, 1.54) is 11.8 Å². The van der Waals surface area contributed by atoms with Crippen molar-refractivity contribution < 1.29 is 13.6 Å². The van der Waals surface area contributed by atoms with Crippen LogP contribution in [0.2, 0.25) is 0 Å². The number of fused-ring (bicyclic) bond motifs is 1. The lowest BCUT2D eigenvalue weighted by Gasteiger charge is -2.25. The second-order valence-electron chi connectivity index (χ2n) is 4.48. The van der Waals surface area contributed by atoms with Gasteiger partial charge in [0.05, 0.1) is 13.1 Å². The lowest BCUT2D eigenvalue weighted by Crippen LogP contribution is -2.43. The van der Waals surface area contributed by atoms with Crippen LogP contribution in [0.5, 0.6) is 0 Å². The number of alkyl halides is 2. The molecule has 104 valence electrons. The molecule has 0 fully saturated rings. The van der Waals surface area contributed by atoms with Crippen molar-refractivity contribution in [1.82, 2.24) is 5.32 Å². The van der Waals surface area contributed by atoms with Crippen molar-refractivity contribution in [2.24, 2.45) is 5.73 Å². The van der Waals surface area contributed by atoms with E-state index >= 15 is 0 Å². The molecular weight excluding hydrogens is 270 g/mol. The van der Waals surface area contributed by atoms with E-state index in [0.29, 0.717) is 0 Å². The van der Waals surface area contributed by atoms with Gasteiger partial charge in [-0.05, 0) is 23.3 Å². The highest BCUT2D eigenvalue weighted by molar-refractivity contribution is 8.00. The second-order valence-corrected chi connectivity index (χ2v) is 5.69. The third kappa shape index (κ3) is 3.45. The maximum absolute atomic E-state index is 13.0. The highest BCUT2D eigenvalue weighted by atomic mass is 32.2. The van der Waals surface area contributed by atoms with E-state index in [2.05, 4.69) is 5.32 Å². The molecule has 1 atom stereocenters. The fourth-order valence-corrected chi connectivity index (χ4v) is 3.21. The van der Waals surface area contributed by atoms with E-state index in [-0.39, 0.29) is 5.91 Å². The third-order valence-corrected chi connectivity index (χ3v) is 4.29. The normalized spacial score (nSPS) is 18.8. The molecule has 19 heavy (non-hydrogen) atoms.